The van der Waals surface area contributed by atoms with Crippen LogP contribution in [-0.4, -0.2) is 12.0 Å². The Morgan fingerprint density at radius 2 is 2.00 bits per heavy atom. The smallest absolute Gasteiger partial charge is 0.423 e. The minimum absolute atomic E-state index is 0.0829. The molecule has 2 rings (SSSR count). The summed E-state index contributed by atoms with van der Waals surface area (Å²) in [6, 6.07) is 7.29. The molecule has 17 heavy (non-hydrogen) atoms. The lowest BCUT2D eigenvalue weighted by molar-refractivity contribution is 0.243. The fourth-order valence-electron chi connectivity index (χ4n) is 1.27. The first kappa shape index (κ1) is 11.9. The highest BCUT2D eigenvalue weighted by atomic mass is 31.2. The normalized spacial score (nSPS) is 14.5. The van der Waals surface area contributed by atoms with E-state index >= 15 is 0 Å². The van der Waals surface area contributed by atoms with Crippen molar-refractivity contribution in [1.29, 1.82) is 0 Å². The van der Waals surface area contributed by atoms with Gasteiger partial charge in [0, 0.05) is 24.6 Å². The summed E-state index contributed by atoms with van der Waals surface area (Å²) in [6.07, 6.45) is 0. The number of phosphoric acid groups is 1. The van der Waals surface area contributed by atoms with E-state index in [-0.39, 0.29) is 11.3 Å². The van der Waals surface area contributed by atoms with E-state index in [4.69, 9.17) is 13.8 Å². The Hall–Kier alpha value is -1.62. The molecule has 0 radical (unpaired) electrons. The molecule has 0 amide bonds. The van der Waals surface area contributed by atoms with Crippen LogP contribution in [0.25, 0.3) is 11.0 Å². The summed E-state index contributed by atoms with van der Waals surface area (Å²) in [7, 11) is -3.05. The molecular formula is C10H9O6P. The number of phosphoric ester groups is 1. The molecule has 1 unspecified atom stereocenters. The SMILES string of the molecule is COP(=O)(O)Oc1ccc2ccc(=O)oc2c1. The van der Waals surface area contributed by atoms with Gasteiger partial charge in [-0.1, -0.05) is 0 Å². The molecule has 2 aromatic rings. The van der Waals surface area contributed by atoms with E-state index < -0.39 is 13.4 Å². The second kappa shape index (κ2) is 4.33. The molecule has 1 heterocycles. The van der Waals surface area contributed by atoms with Crippen molar-refractivity contribution in [3.05, 3.63) is 40.8 Å². The third-order valence-electron chi connectivity index (χ3n) is 2.05. The fraction of sp³-hybridized carbons (Fsp3) is 0.100. The Morgan fingerprint density at radius 3 is 2.71 bits per heavy atom. The lowest BCUT2D eigenvalue weighted by atomic mass is 10.2. The van der Waals surface area contributed by atoms with Gasteiger partial charge in [0.15, 0.2) is 0 Å². The van der Waals surface area contributed by atoms with Crippen LogP contribution in [0.1, 0.15) is 0 Å². The number of hydrogen-bond donors (Lipinski definition) is 1. The van der Waals surface area contributed by atoms with Gasteiger partial charge in [0.25, 0.3) is 0 Å². The fourth-order valence-corrected chi connectivity index (χ4v) is 1.72. The van der Waals surface area contributed by atoms with Crippen molar-refractivity contribution in [2.24, 2.45) is 0 Å². The summed E-state index contributed by atoms with van der Waals surface area (Å²) in [4.78, 5) is 20.1. The van der Waals surface area contributed by atoms with Crippen LogP contribution in [0.15, 0.2) is 39.5 Å². The molecule has 1 aromatic carbocycles. The van der Waals surface area contributed by atoms with E-state index in [0.717, 1.165) is 7.11 Å². The topological polar surface area (TPSA) is 86.0 Å². The molecule has 6 nitrogen and oxygen atoms in total. The van der Waals surface area contributed by atoms with Crippen molar-refractivity contribution in [1.82, 2.24) is 0 Å². The average Bonchev–Trinajstić information content (AvgIpc) is 2.28. The molecule has 1 aromatic heterocycles. The van der Waals surface area contributed by atoms with Gasteiger partial charge in [0.2, 0.25) is 0 Å². The second-order valence-electron chi connectivity index (χ2n) is 3.20. The third-order valence-corrected chi connectivity index (χ3v) is 2.95. The molecular weight excluding hydrogens is 247 g/mol. The van der Waals surface area contributed by atoms with Gasteiger partial charge in [-0.05, 0) is 18.2 Å². The zero-order valence-electron chi connectivity index (χ0n) is 8.82. The molecule has 0 bridgehead atoms. The Labute approximate surface area is 96.0 Å². The van der Waals surface area contributed by atoms with Gasteiger partial charge in [0.05, 0.1) is 0 Å². The maximum atomic E-state index is 11.2. The molecule has 0 aliphatic rings. The largest absolute Gasteiger partial charge is 0.527 e. The van der Waals surface area contributed by atoms with E-state index in [1.54, 1.807) is 12.1 Å². The molecule has 90 valence electrons. The zero-order valence-corrected chi connectivity index (χ0v) is 9.72. The van der Waals surface area contributed by atoms with Crippen LogP contribution in [0.3, 0.4) is 0 Å². The number of fused-ring (bicyclic) bond motifs is 1. The van der Waals surface area contributed by atoms with Gasteiger partial charge in [-0.2, -0.15) is 0 Å². The summed E-state index contributed by atoms with van der Waals surface area (Å²) in [5, 5.41) is 0.683. The van der Waals surface area contributed by atoms with E-state index in [2.05, 4.69) is 4.52 Å². The molecule has 0 aliphatic carbocycles. The predicted octanol–water partition coefficient (Wildman–Crippen LogP) is 1.92. The summed E-state index contributed by atoms with van der Waals surface area (Å²) in [5.74, 6) is 0.0829. The summed E-state index contributed by atoms with van der Waals surface area (Å²) < 4.78 is 25.1. The standard InChI is InChI=1S/C10H9O6P/c1-14-17(12,13)16-8-4-2-7-3-5-10(11)15-9(7)6-8/h2-6H,1H3,(H,12,13). The lowest BCUT2D eigenvalue weighted by Gasteiger charge is -2.10. The Balaban J connectivity index is 2.44. The molecule has 0 spiro atoms. The quantitative estimate of drug-likeness (QED) is 0.666. The number of hydrogen-bond acceptors (Lipinski definition) is 5. The Kier molecular flexibility index (Phi) is 3.02. The molecule has 0 fully saturated rings. The molecule has 0 saturated carbocycles. The van der Waals surface area contributed by atoms with Gasteiger partial charge >= 0.3 is 13.4 Å². The van der Waals surface area contributed by atoms with E-state index in [1.165, 1.54) is 18.2 Å². The number of benzene rings is 1. The summed E-state index contributed by atoms with van der Waals surface area (Å²) in [5.41, 5.74) is -0.236. The van der Waals surface area contributed by atoms with Crippen molar-refractivity contribution in [2.45, 2.75) is 0 Å². The average molecular weight is 256 g/mol. The van der Waals surface area contributed by atoms with Crippen molar-refractivity contribution in [3.63, 3.8) is 0 Å². The first-order valence-electron chi connectivity index (χ1n) is 4.62. The highest BCUT2D eigenvalue weighted by Crippen LogP contribution is 2.43. The van der Waals surface area contributed by atoms with E-state index in [0.29, 0.717) is 5.39 Å². The van der Waals surface area contributed by atoms with Crippen LogP contribution < -0.4 is 10.1 Å². The van der Waals surface area contributed by atoms with Gasteiger partial charge in [-0.25, -0.2) is 9.36 Å². The van der Waals surface area contributed by atoms with Gasteiger partial charge in [-0.15, -0.1) is 0 Å². The zero-order chi connectivity index (χ0) is 12.5. The van der Waals surface area contributed by atoms with Crippen LogP contribution in [0.5, 0.6) is 5.75 Å². The third kappa shape index (κ3) is 2.74. The maximum Gasteiger partial charge on any atom is 0.527 e. The second-order valence-corrected chi connectivity index (χ2v) is 4.68. The van der Waals surface area contributed by atoms with E-state index in [9.17, 15) is 9.36 Å². The van der Waals surface area contributed by atoms with Gasteiger partial charge in [-0.3, -0.25) is 9.42 Å². The van der Waals surface area contributed by atoms with E-state index in [1.807, 2.05) is 0 Å². The van der Waals surface area contributed by atoms with Crippen LogP contribution in [0.4, 0.5) is 0 Å². The monoisotopic (exact) mass is 256 g/mol. The molecule has 0 aliphatic heterocycles. The Morgan fingerprint density at radius 1 is 1.29 bits per heavy atom. The van der Waals surface area contributed by atoms with Crippen molar-refractivity contribution < 1.29 is 22.9 Å². The molecule has 1 N–H and O–H groups in total. The first-order valence-corrected chi connectivity index (χ1v) is 6.12. The highest BCUT2D eigenvalue weighted by Gasteiger charge is 2.20. The summed E-state index contributed by atoms with van der Waals surface area (Å²) >= 11 is 0. The van der Waals surface area contributed by atoms with Gasteiger partial charge in [0.1, 0.15) is 11.3 Å². The molecule has 1 atom stereocenters. The van der Waals surface area contributed by atoms with Gasteiger partial charge < -0.3 is 8.94 Å². The van der Waals surface area contributed by atoms with Crippen molar-refractivity contribution in [2.75, 3.05) is 7.11 Å². The maximum absolute atomic E-state index is 11.2. The van der Waals surface area contributed by atoms with Crippen LogP contribution in [0, 0.1) is 0 Å². The molecule has 0 saturated heterocycles. The van der Waals surface area contributed by atoms with Crippen molar-refractivity contribution in [3.8, 4) is 5.75 Å². The minimum Gasteiger partial charge on any atom is -0.423 e. The van der Waals surface area contributed by atoms with Crippen LogP contribution in [-0.2, 0) is 9.09 Å². The van der Waals surface area contributed by atoms with Crippen LogP contribution in [0.2, 0.25) is 0 Å². The number of rotatable bonds is 3. The van der Waals surface area contributed by atoms with Crippen LogP contribution >= 0.6 is 7.82 Å². The highest BCUT2D eigenvalue weighted by molar-refractivity contribution is 7.47. The first-order chi connectivity index (χ1) is 8.00. The lowest BCUT2D eigenvalue weighted by Crippen LogP contribution is -1.96. The molecule has 7 heteroatoms. The Bertz CT molecular complexity index is 647. The van der Waals surface area contributed by atoms with Crippen molar-refractivity contribution >= 4 is 18.8 Å². The summed E-state index contributed by atoms with van der Waals surface area (Å²) in [6.45, 7) is 0. The predicted molar refractivity (Wildman–Crippen MR) is 59.9 cm³/mol. The minimum atomic E-state index is -4.10.